The molecule has 0 radical (unpaired) electrons. The highest BCUT2D eigenvalue weighted by Crippen LogP contribution is 2.40. The Labute approximate surface area is 196 Å². The van der Waals surface area contributed by atoms with Crippen molar-refractivity contribution in [2.24, 2.45) is 5.92 Å². The van der Waals surface area contributed by atoms with Crippen LogP contribution in [0.2, 0.25) is 0 Å². The van der Waals surface area contributed by atoms with Gasteiger partial charge >= 0.3 is 0 Å². The van der Waals surface area contributed by atoms with Crippen LogP contribution in [0.15, 0.2) is 12.1 Å². The average molecular weight is 456 g/mol. The smallest absolute Gasteiger partial charge is 0.290 e. The third-order valence-electron chi connectivity index (χ3n) is 7.16. The number of methoxy groups -OCH3 is 1. The number of fused-ring (bicyclic) bond motifs is 2. The molecule has 1 aliphatic heterocycles. The maximum atomic E-state index is 8.36. The lowest BCUT2D eigenvalue weighted by Gasteiger charge is -2.27. The van der Waals surface area contributed by atoms with Gasteiger partial charge in [-0.3, -0.25) is 9.78 Å². The van der Waals surface area contributed by atoms with Gasteiger partial charge in [-0.15, -0.1) is 0 Å². The summed E-state index contributed by atoms with van der Waals surface area (Å²) < 4.78 is 11.9. The van der Waals surface area contributed by atoms with Crippen molar-refractivity contribution in [1.82, 2.24) is 9.88 Å². The molecule has 2 heterocycles. The molecule has 7 heteroatoms. The molecular formula is C26H37N3O4. The van der Waals surface area contributed by atoms with E-state index in [1.165, 1.54) is 73.9 Å². The summed E-state index contributed by atoms with van der Waals surface area (Å²) >= 11 is 0. The van der Waals surface area contributed by atoms with Crippen LogP contribution in [0.1, 0.15) is 56.2 Å². The summed E-state index contributed by atoms with van der Waals surface area (Å²) in [7, 11) is 1.74. The van der Waals surface area contributed by atoms with Gasteiger partial charge in [0.1, 0.15) is 0 Å². The zero-order valence-electron chi connectivity index (χ0n) is 19.8. The van der Waals surface area contributed by atoms with Crippen LogP contribution in [0.4, 0.5) is 5.69 Å². The maximum Gasteiger partial charge on any atom is 0.290 e. The summed E-state index contributed by atoms with van der Waals surface area (Å²) in [6.07, 6.45) is 11.2. The standard InChI is InChI=1S/C25H35N3O2.CH2O2/c1-29-23-15-20-22(16-24(23)30-14-6-13-28-11-2-3-12-28)27-21-10-5-9-19(21)25(20)26-17-18-7-4-8-18;2-1-3/h15-16,18H,2-14,17H2,1H3,(H,26,27);1H,(H,2,3). The van der Waals surface area contributed by atoms with Crippen molar-refractivity contribution >= 4 is 23.1 Å². The topological polar surface area (TPSA) is 83.9 Å². The molecule has 1 aromatic heterocycles. The number of ether oxygens (including phenoxy) is 2. The first-order chi connectivity index (χ1) is 16.2. The zero-order valence-corrected chi connectivity index (χ0v) is 19.8. The van der Waals surface area contributed by atoms with Gasteiger partial charge in [0.15, 0.2) is 11.5 Å². The Morgan fingerprint density at radius 2 is 1.94 bits per heavy atom. The number of benzene rings is 1. The van der Waals surface area contributed by atoms with Gasteiger partial charge in [-0.05, 0) is 82.0 Å². The lowest BCUT2D eigenvalue weighted by Crippen LogP contribution is -2.22. The second-order valence-electron chi connectivity index (χ2n) is 9.32. The molecule has 1 saturated heterocycles. The normalized spacial score (nSPS) is 17.7. The lowest BCUT2D eigenvalue weighted by atomic mass is 9.85. The number of aromatic nitrogens is 1. The molecule has 33 heavy (non-hydrogen) atoms. The van der Waals surface area contributed by atoms with Gasteiger partial charge in [0.05, 0.1) is 19.2 Å². The number of anilines is 1. The van der Waals surface area contributed by atoms with E-state index in [1.54, 1.807) is 7.11 Å². The Morgan fingerprint density at radius 3 is 2.64 bits per heavy atom. The van der Waals surface area contributed by atoms with Crippen LogP contribution in [-0.2, 0) is 17.6 Å². The van der Waals surface area contributed by atoms with Gasteiger partial charge in [-0.25, -0.2) is 0 Å². The van der Waals surface area contributed by atoms with Gasteiger partial charge in [0, 0.05) is 35.9 Å². The summed E-state index contributed by atoms with van der Waals surface area (Å²) in [4.78, 5) is 15.9. The van der Waals surface area contributed by atoms with E-state index < -0.39 is 0 Å². The van der Waals surface area contributed by atoms with Crippen LogP contribution in [-0.4, -0.2) is 61.4 Å². The van der Waals surface area contributed by atoms with Crippen LogP contribution in [0.3, 0.4) is 0 Å². The zero-order chi connectivity index (χ0) is 23.0. The van der Waals surface area contributed by atoms with Gasteiger partial charge in [-0.1, -0.05) is 6.42 Å². The van der Waals surface area contributed by atoms with Crippen molar-refractivity contribution in [2.75, 3.05) is 45.2 Å². The fraction of sp³-hybridized carbons (Fsp3) is 0.615. The van der Waals surface area contributed by atoms with E-state index in [1.807, 2.05) is 0 Å². The fourth-order valence-corrected chi connectivity index (χ4v) is 5.16. The van der Waals surface area contributed by atoms with Gasteiger partial charge in [0.25, 0.3) is 6.47 Å². The molecule has 0 amide bonds. The van der Waals surface area contributed by atoms with E-state index in [9.17, 15) is 0 Å². The van der Waals surface area contributed by atoms with E-state index in [0.29, 0.717) is 0 Å². The fourth-order valence-electron chi connectivity index (χ4n) is 5.16. The Bertz CT molecular complexity index is 939. The molecule has 1 saturated carbocycles. The number of carbonyl (C=O) groups is 1. The minimum atomic E-state index is -0.250. The maximum absolute atomic E-state index is 8.36. The Balaban J connectivity index is 0.000000821. The highest BCUT2D eigenvalue weighted by molar-refractivity contribution is 5.96. The molecule has 2 fully saturated rings. The number of hydrogen-bond acceptors (Lipinski definition) is 6. The van der Waals surface area contributed by atoms with Crippen LogP contribution < -0.4 is 14.8 Å². The van der Waals surface area contributed by atoms with Crippen molar-refractivity contribution in [3.63, 3.8) is 0 Å². The van der Waals surface area contributed by atoms with Crippen LogP contribution in [0.25, 0.3) is 10.9 Å². The molecule has 3 aliphatic rings. The highest BCUT2D eigenvalue weighted by Gasteiger charge is 2.23. The Kier molecular flexibility index (Phi) is 8.26. The Morgan fingerprint density at radius 1 is 1.15 bits per heavy atom. The molecule has 2 N–H and O–H groups in total. The predicted octanol–water partition coefficient (Wildman–Crippen LogP) is 4.51. The van der Waals surface area contributed by atoms with E-state index in [-0.39, 0.29) is 6.47 Å². The average Bonchev–Trinajstić information content (AvgIpc) is 3.47. The number of aryl methyl sites for hydroxylation is 1. The number of rotatable bonds is 9. The predicted molar refractivity (Wildman–Crippen MR) is 131 cm³/mol. The van der Waals surface area contributed by atoms with Gasteiger partial charge in [0.2, 0.25) is 0 Å². The molecule has 0 bridgehead atoms. The Hall–Kier alpha value is -2.54. The van der Waals surface area contributed by atoms with Gasteiger partial charge < -0.3 is 24.8 Å². The van der Waals surface area contributed by atoms with Crippen molar-refractivity contribution in [2.45, 2.75) is 57.8 Å². The van der Waals surface area contributed by atoms with Crippen molar-refractivity contribution in [1.29, 1.82) is 0 Å². The van der Waals surface area contributed by atoms with Crippen molar-refractivity contribution in [3.05, 3.63) is 23.4 Å². The number of likely N-dealkylation sites (tertiary alicyclic amines) is 1. The SMILES string of the molecule is COc1cc2c(NCC3CCC3)c3c(nc2cc1OCCCN1CCCC1)CCC3.O=CO. The second kappa shape index (κ2) is 11.5. The summed E-state index contributed by atoms with van der Waals surface area (Å²) in [5, 5.41) is 11.9. The molecule has 5 rings (SSSR count). The number of pyridine rings is 1. The molecule has 2 aromatic rings. The number of nitrogens with zero attached hydrogens (tertiary/aromatic N) is 2. The molecule has 0 spiro atoms. The second-order valence-corrected chi connectivity index (χ2v) is 9.32. The van der Waals surface area contributed by atoms with Crippen LogP contribution in [0, 0.1) is 5.92 Å². The quantitative estimate of drug-likeness (QED) is 0.425. The largest absolute Gasteiger partial charge is 0.493 e. The van der Waals surface area contributed by atoms with Gasteiger partial charge in [-0.2, -0.15) is 0 Å². The van der Waals surface area contributed by atoms with E-state index in [2.05, 4.69) is 22.3 Å². The van der Waals surface area contributed by atoms with Crippen molar-refractivity contribution < 1.29 is 19.4 Å². The van der Waals surface area contributed by atoms with Crippen molar-refractivity contribution in [3.8, 4) is 11.5 Å². The van der Waals surface area contributed by atoms with E-state index in [4.69, 9.17) is 24.4 Å². The summed E-state index contributed by atoms with van der Waals surface area (Å²) in [5.41, 5.74) is 5.01. The molecular weight excluding hydrogens is 418 g/mol. The van der Waals surface area contributed by atoms with Crippen LogP contribution in [0.5, 0.6) is 11.5 Å². The molecule has 0 atom stereocenters. The molecule has 7 nitrogen and oxygen atoms in total. The summed E-state index contributed by atoms with van der Waals surface area (Å²) in [6, 6.07) is 4.23. The van der Waals surface area contributed by atoms with Crippen LogP contribution >= 0.6 is 0 Å². The molecule has 180 valence electrons. The molecule has 0 unspecified atom stereocenters. The minimum absolute atomic E-state index is 0.250. The molecule has 1 aromatic carbocycles. The van der Waals surface area contributed by atoms with E-state index >= 15 is 0 Å². The highest BCUT2D eigenvalue weighted by atomic mass is 16.5. The third kappa shape index (κ3) is 5.69. The number of nitrogens with one attached hydrogen (secondary N) is 1. The summed E-state index contributed by atoms with van der Waals surface area (Å²) in [6.45, 7) is 5.14. The number of hydrogen-bond donors (Lipinski definition) is 2. The first kappa shape index (κ1) is 23.6. The molecule has 2 aliphatic carbocycles. The minimum Gasteiger partial charge on any atom is -0.493 e. The lowest BCUT2D eigenvalue weighted by molar-refractivity contribution is -0.122. The summed E-state index contributed by atoms with van der Waals surface area (Å²) in [5.74, 6) is 2.46. The monoisotopic (exact) mass is 455 g/mol. The first-order valence-electron chi connectivity index (χ1n) is 12.4. The first-order valence-corrected chi connectivity index (χ1v) is 12.4. The van der Waals surface area contributed by atoms with E-state index in [0.717, 1.165) is 61.9 Å². The number of carboxylic acid groups (broad SMARTS) is 1. The third-order valence-corrected chi connectivity index (χ3v) is 7.16.